The Balaban J connectivity index is 1.53. The van der Waals surface area contributed by atoms with E-state index in [1.54, 1.807) is 29.2 Å². The van der Waals surface area contributed by atoms with Gasteiger partial charge in [0.05, 0.1) is 24.1 Å². The standard InChI is InChI=1S/C29H36N4O6/c1-19(34)26-29(38)33-16-8-12-21(33)18-39-24-14-6-5-13-22(24)27(36)31-23(17-25(35)32-26)28(37)30-15-7-11-20-9-3-2-4-10-20/h2-6,9-10,13-14,19,21,23,26,34H,7-8,11-12,15-18H2,1H3,(H,30,37)(H,31,36)(H,32,35)/t19-,21-,23+,26+/m1/s1. The number of aryl methyl sites for hydroxylation is 1. The van der Waals surface area contributed by atoms with Crippen LogP contribution in [0.1, 0.15) is 48.5 Å². The fourth-order valence-electron chi connectivity index (χ4n) is 4.97. The number of carbonyl (C=O) groups is 4. The van der Waals surface area contributed by atoms with Gasteiger partial charge in [0.25, 0.3) is 5.91 Å². The number of carbonyl (C=O) groups excluding carboxylic acids is 4. The van der Waals surface area contributed by atoms with Crippen molar-refractivity contribution in [2.45, 2.75) is 63.3 Å². The molecule has 2 aliphatic heterocycles. The second kappa shape index (κ2) is 13.2. The molecule has 4 N–H and O–H groups in total. The molecule has 1 saturated heterocycles. The highest BCUT2D eigenvalue weighted by atomic mass is 16.5. The minimum Gasteiger partial charge on any atom is -0.491 e. The highest BCUT2D eigenvalue weighted by molar-refractivity contribution is 6.01. The van der Waals surface area contributed by atoms with Crippen LogP contribution in [0.5, 0.6) is 5.75 Å². The monoisotopic (exact) mass is 536 g/mol. The minimum atomic E-state index is -1.20. The van der Waals surface area contributed by atoms with Gasteiger partial charge < -0.3 is 30.7 Å². The van der Waals surface area contributed by atoms with Crippen molar-refractivity contribution in [1.29, 1.82) is 0 Å². The van der Waals surface area contributed by atoms with Gasteiger partial charge in [0, 0.05) is 13.1 Å². The smallest absolute Gasteiger partial charge is 0.255 e. The molecule has 1 fully saturated rings. The van der Waals surface area contributed by atoms with Gasteiger partial charge in [-0.3, -0.25) is 19.2 Å². The number of fused-ring (bicyclic) bond motifs is 2. The van der Waals surface area contributed by atoms with Crippen LogP contribution in [0.3, 0.4) is 0 Å². The van der Waals surface area contributed by atoms with Crippen LogP contribution in [0.2, 0.25) is 0 Å². The summed E-state index contributed by atoms with van der Waals surface area (Å²) in [6.45, 7) is 2.42. The maximum atomic E-state index is 13.3. The van der Waals surface area contributed by atoms with E-state index in [1.165, 1.54) is 6.92 Å². The summed E-state index contributed by atoms with van der Waals surface area (Å²) in [5.74, 6) is -1.77. The number of ether oxygens (including phenoxy) is 1. The number of aliphatic hydroxyl groups excluding tert-OH is 1. The molecule has 208 valence electrons. The molecule has 0 unspecified atom stereocenters. The molecule has 2 heterocycles. The summed E-state index contributed by atoms with van der Waals surface area (Å²) in [5, 5.41) is 18.4. The molecule has 2 aromatic carbocycles. The van der Waals surface area contributed by atoms with Crippen LogP contribution in [-0.2, 0) is 20.8 Å². The number of para-hydroxylation sites is 1. The van der Waals surface area contributed by atoms with E-state index in [-0.39, 0.29) is 18.2 Å². The number of benzene rings is 2. The van der Waals surface area contributed by atoms with Crippen molar-refractivity contribution in [2.24, 2.45) is 0 Å². The molecular formula is C29H36N4O6. The summed E-state index contributed by atoms with van der Waals surface area (Å²) in [7, 11) is 0. The van der Waals surface area contributed by atoms with Gasteiger partial charge in [-0.15, -0.1) is 0 Å². The lowest BCUT2D eigenvalue weighted by Crippen LogP contribution is -2.57. The van der Waals surface area contributed by atoms with E-state index < -0.39 is 48.2 Å². The Kier molecular flexibility index (Phi) is 9.54. The van der Waals surface area contributed by atoms with E-state index in [9.17, 15) is 24.3 Å². The lowest BCUT2D eigenvalue weighted by atomic mass is 10.1. The summed E-state index contributed by atoms with van der Waals surface area (Å²) < 4.78 is 5.99. The zero-order valence-corrected chi connectivity index (χ0v) is 22.1. The van der Waals surface area contributed by atoms with Crippen molar-refractivity contribution in [3.05, 3.63) is 65.7 Å². The number of nitrogens with one attached hydrogen (secondary N) is 3. The number of nitrogens with zero attached hydrogens (tertiary/aromatic N) is 1. The van der Waals surface area contributed by atoms with Crippen molar-refractivity contribution in [3.63, 3.8) is 0 Å². The van der Waals surface area contributed by atoms with E-state index >= 15 is 0 Å². The highest BCUT2D eigenvalue weighted by Crippen LogP contribution is 2.24. The lowest BCUT2D eigenvalue weighted by Gasteiger charge is -2.31. The molecule has 39 heavy (non-hydrogen) atoms. The summed E-state index contributed by atoms with van der Waals surface area (Å²) >= 11 is 0. The fraction of sp³-hybridized carbons (Fsp3) is 0.448. The van der Waals surface area contributed by atoms with Crippen LogP contribution >= 0.6 is 0 Å². The molecule has 10 heteroatoms. The first-order chi connectivity index (χ1) is 18.8. The van der Waals surface area contributed by atoms with Crippen LogP contribution in [0.15, 0.2) is 54.6 Å². The Morgan fingerprint density at radius 1 is 1.10 bits per heavy atom. The van der Waals surface area contributed by atoms with Crippen LogP contribution < -0.4 is 20.7 Å². The third kappa shape index (κ3) is 7.35. The molecule has 0 bridgehead atoms. The van der Waals surface area contributed by atoms with Crippen LogP contribution in [0, 0.1) is 0 Å². The number of aliphatic hydroxyl groups is 1. The van der Waals surface area contributed by atoms with E-state index in [0.29, 0.717) is 31.7 Å². The van der Waals surface area contributed by atoms with Crippen molar-refractivity contribution < 1.29 is 29.0 Å². The van der Waals surface area contributed by atoms with Crippen molar-refractivity contribution >= 4 is 23.6 Å². The molecule has 4 atom stereocenters. The molecule has 10 nitrogen and oxygen atoms in total. The SMILES string of the molecule is C[C@@H](O)[C@@H]1NC(=O)C[C@@H](C(=O)NCCCc2ccccc2)NC(=O)c2ccccc2OC[C@H]2CCCN2C1=O. The number of amides is 4. The molecule has 2 aliphatic rings. The largest absolute Gasteiger partial charge is 0.491 e. The van der Waals surface area contributed by atoms with Crippen molar-refractivity contribution in [1.82, 2.24) is 20.9 Å². The first kappa shape index (κ1) is 28.1. The van der Waals surface area contributed by atoms with Crippen LogP contribution in [0.4, 0.5) is 0 Å². The van der Waals surface area contributed by atoms with E-state index in [1.807, 2.05) is 30.3 Å². The number of rotatable bonds is 6. The zero-order valence-electron chi connectivity index (χ0n) is 22.1. The Morgan fingerprint density at radius 3 is 2.62 bits per heavy atom. The van der Waals surface area contributed by atoms with Crippen molar-refractivity contribution in [3.8, 4) is 5.75 Å². The summed E-state index contributed by atoms with van der Waals surface area (Å²) in [5.41, 5.74) is 1.37. The van der Waals surface area contributed by atoms with Gasteiger partial charge in [0.1, 0.15) is 24.4 Å². The maximum absolute atomic E-state index is 13.3. The fourth-order valence-corrected chi connectivity index (χ4v) is 4.97. The Morgan fingerprint density at radius 2 is 1.85 bits per heavy atom. The van der Waals surface area contributed by atoms with Crippen molar-refractivity contribution in [2.75, 3.05) is 19.7 Å². The Bertz CT molecular complexity index is 1170. The van der Waals surface area contributed by atoms with Gasteiger partial charge in [0.15, 0.2) is 0 Å². The predicted molar refractivity (Wildman–Crippen MR) is 144 cm³/mol. The Labute approximate surface area is 228 Å². The van der Waals surface area contributed by atoms with Gasteiger partial charge in [-0.05, 0) is 50.3 Å². The second-order valence-corrected chi connectivity index (χ2v) is 10.0. The highest BCUT2D eigenvalue weighted by Gasteiger charge is 2.37. The first-order valence-corrected chi connectivity index (χ1v) is 13.5. The second-order valence-electron chi connectivity index (χ2n) is 10.0. The topological polar surface area (TPSA) is 137 Å². The maximum Gasteiger partial charge on any atom is 0.255 e. The first-order valence-electron chi connectivity index (χ1n) is 13.5. The normalized spacial score (nSPS) is 22.9. The zero-order chi connectivity index (χ0) is 27.8. The van der Waals surface area contributed by atoms with Gasteiger partial charge in [-0.2, -0.15) is 0 Å². The molecule has 2 aromatic rings. The molecule has 0 aliphatic carbocycles. The van der Waals surface area contributed by atoms with Gasteiger partial charge in [-0.25, -0.2) is 0 Å². The van der Waals surface area contributed by atoms with Gasteiger partial charge in [-0.1, -0.05) is 42.5 Å². The van der Waals surface area contributed by atoms with E-state index in [0.717, 1.165) is 18.4 Å². The number of hydrogen-bond donors (Lipinski definition) is 4. The molecule has 4 rings (SSSR count). The molecule has 0 aromatic heterocycles. The molecule has 0 radical (unpaired) electrons. The lowest BCUT2D eigenvalue weighted by molar-refractivity contribution is -0.140. The number of hydrogen-bond acceptors (Lipinski definition) is 6. The summed E-state index contributed by atoms with van der Waals surface area (Å²) in [6.07, 6.45) is 1.34. The molecule has 0 spiro atoms. The van der Waals surface area contributed by atoms with E-state index in [2.05, 4.69) is 16.0 Å². The van der Waals surface area contributed by atoms with Crippen LogP contribution in [0.25, 0.3) is 0 Å². The third-order valence-electron chi connectivity index (χ3n) is 7.08. The van der Waals surface area contributed by atoms with E-state index in [4.69, 9.17) is 4.74 Å². The molecular weight excluding hydrogens is 500 g/mol. The molecule has 4 amide bonds. The quantitative estimate of drug-likeness (QED) is 0.409. The van der Waals surface area contributed by atoms with Gasteiger partial charge >= 0.3 is 0 Å². The van der Waals surface area contributed by atoms with Gasteiger partial charge in [0.2, 0.25) is 17.7 Å². The minimum absolute atomic E-state index is 0.155. The van der Waals surface area contributed by atoms with Crippen LogP contribution in [-0.4, -0.2) is 77.6 Å². The Hall–Kier alpha value is -3.92. The summed E-state index contributed by atoms with van der Waals surface area (Å²) in [4.78, 5) is 54.4. The average molecular weight is 537 g/mol. The molecule has 0 saturated carbocycles. The predicted octanol–water partition coefficient (Wildman–Crippen LogP) is 1.17. The summed E-state index contributed by atoms with van der Waals surface area (Å²) in [6, 6.07) is 13.9. The average Bonchev–Trinajstić information content (AvgIpc) is 3.41. The third-order valence-corrected chi connectivity index (χ3v) is 7.08.